The van der Waals surface area contributed by atoms with Crippen LogP contribution in [0.1, 0.15) is 20.8 Å². The summed E-state index contributed by atoms with van der Waals surface area (Å²) in [5.41, 5.74) is 3.13. The molecule has 2 aromatic rings. The molecule has 21 heavy (non-hydrogen) atoms. The molecule has 0 spiro atoms. The van der Waals surface area contributed by atoms with Gasteiger partial charge in [0.1, 0.15) is 0 Å². The number of carbonyl (C=O) groups excluding carboxylic acids is 2. The van der Waals surface area contributed by atoms with Crippen LogP contribution >= 0.6 is 27.3 Å². The first-order chi connectivity index (χ1) is 9.99. The smallest absolute Gasteiger partial charge is 0.258 e. The molecule has 0 saturated heterocycles. The van der Waals surface area contributed by atoms with Crippen LogP contribution in [-0.2, 0) is 4.79 Å². The highest BCUT2D eigenvalue weighted by molar-refractivity contribution is 9.10. The van der Waals surface area contributed by atoms with E-state index in [1.165, 1.54) is 17.4 Å². The van der Waals surface area contributed by atoms with Crippen LogP contribution < -0.4 is 4.90 Å². The molecule has 3 nitrogen and oxygen atoms in total. The number of hydrogen-bond acceptors (Lipinski definition) is 3. The van der Waals surface area contributed by atoms with E-state index in [0.29, 0.717) is 10.5 Å². The number of hydrogen-bond donors (Lipinski definition) is 0. The minimum Gasteiger partial charge on any atom is -0.311 e. The fraction of sp³-hybridized carbons (Fsp3) is 0.125. The van der Waals surface area contributed by atoms with E-state index in [2.05, 4.69) is 15.9 Å². The third-order valence-electron chi connectivity index (χ3n) is 3.47. The fourth-order valence-electron chi connectivity index (χ4n) is 2.54. The van der Waals surface area contributed by atoms with Crippen LogP contribution in [0.15, 0.2) is 40.2 Å². The van der Waals surface area contributed by atoms with Crippen molar-refractivity contribution in [3.63, 3.8) is 0 Å². The van der Waals surface area contributed by atoms with Gasteiger partial charge in [0, 0.05) is 23.2 Å². The van der Waals surface area contributed by atoms with E-state index < -0.39 is 0 Å². The van der Waals surface area contributed by atoms with Gasteiger partial charge in [-0.1, -0.05) is 22.0 Å². The Morgan fingerprint density at radius 1 is 1.38 bits per heavy atom. The van der Waals surface area contributed by atoms with Gasteiger partial charge in [0.2, 0.25) is 0 Å². The van der Waals surface area contributed by atoms with Crippen LogP contribution in [0.4, 0.5) is 5.69 Å². The maximum absolute atomic E-state index is 12.4. The van der Waals surface area contributed by atoms with Crippen molar-refractivity contribution >= 4 is 50.2 Å². The van der Waals surface area contributed by atoms with Gasteiger partial charge in [0.05, 0.1) is 16.1 Å². The van der Waals surface area contributed by atoms with Crippen LogP contribution in [0, 0.1) is 6.92 Å². The summed E-state index contributed by atoms with van der Waals surface area (Å²) < 4.78 is 0.899. The number of fused-ring (bicyclic) bond motifs is 1. The summed E-state index contributed by atoms with van der Waals surface area (Å²) in [7, 11) is 1.73. The summed E-state index contributed by atoms with van der Waals surface area (Å²) in [6, 6.07) is 7.44. The van der Waals surface area contributed by atoms with Gasteiger partial charge in [-0.3, -0.25) is 9.59 Å². The van der Waals surface area contributed by atoms with E-state index in [0.717, 1.165) is 21.3 Å². The number of benzene rings is 1. The Hall–Kier alpha value is -1.72. The van der Waals surface area contributed by atoms with E-state index in [-0.39, 0.29) is 11.7 Å². The first-order valence-corrected chi connectivity index (χ1v) is 8.04. The van der Waals surface area contributed by atoms with Crippen molar-refractivity contribution in [2.24, 2.45) is 0 Å². The topological polar surface area (TPSA) is 37.4 Å². The molecular weight excluding hydrogens is 350 g/mol. The monoisotopic (exact) mass is 361 g/mol. The van der Waals surface area contributed by atoms with Crippen LogP contribution in [0.2, 0.25) is 0 Å². The number of anilines is 1. The Labute approximate surface area is 135 Å². The third kappa shape index (κ3) is 2.36. The summed E-state index contributed by atoms with van der Waals surface area (Å²) in [6.45, 7) is 1.96. The standard InChI is InChI=1S/C16H12BrNO2S/c1-9-6-10(17)7-11-12(16(20)18(2)15(9)11)8-13(19)14-4-3-5-21-14/h3-8H,1-2H3. The second-order valence-electron chi connectivity index (χ2n) is 4.88. The van der Waals surface area contributed by atoms with Gasteiger partial charge in [-0.05, 0) is 36.1 Å². The second kappa shape index (κ2) is 5.24. The number of nitrogens with zero attached hydrogens (tertiary/aromatic N) is 1. The summed E-state index contributed by atoms with van der Waals surface area (Å²) in [6.07, 6.45) is 1.45. The van der Waals surface area contributed by atoms with Crippen molar-refractivity contribution in [3.05, 3.63) is 56.2 Å². The van der Waals surface area contributed by atoms with Crippen molar-refractivity contribution in [1.29, 1.82) is 0 Å². The zero-order valence-electron chi connectivity index (χ0n) is 11.5. The summed E-state index contributed by atoms with van der Waals surface area (Å²) in [4.78, 5) is 26.9. The number of thiophene rings is 1. The lowest BCUT2D eigenvalue weighted by atomic mass is 10.0. The van der Waals surface area contributed by atoms with E-state index in [9.17, 15) is 9.59 Å². The molecule has 1 amide bonds. The van der Waals surface area contributed by atoms with Crippen LogP contribution in [0.25, 0.3) is 5.57 Å². The average Bonchev–Trinajstić information content (AvgIpc) is 3.02. The normalized spacial score (nSPS) is 15.7. The van der Waals surface area contributed by atoms with Crippen molar-refractivity contribution < 1.29 is 9.59 Å². The summed E-state index contributed by atoms with van der Waals surface area (Å²) >= 11 is 4.82. The quantitative estimate of drug-likeness (QED) is 0.597. The first kappa shape index (κ1) is 14.2. The van der Waals surface area contributed by atoms with Gasteiger partial charge in [0.15, 0.2) is 5.78 Å². The molecule has 1 aromatic heterocycles. The van der Waals surface area contributed by atoms with Crippen molar-refractivity contribution in [1.82, 2.24) is 0 Å². The van der Waals surface area contributed by atoms with E-state index in [1.54, 1.807) is 18.0 Å². The molecule has 0 fully saturated rings. The van der Waals surface area contributed by atoms with Crippen LogP contribution in [-0.4, -0.2) is 18.7 Å². The number of halogens is 1. The predicted octanol–water partition coefficient (Wildman–Crippen LogP) is 4.06. The van der Waals surface area contributed by atoms with Gasteiger partial charge in [-0.25, -0.2) is 0 Å². The number of allylic oxidation sites excluding steroid dienone is 1. The minimum atomic E-state index is -0.142. The molecule has 1 aliphatic heterocycles. The predicted molar refractivity (Wildman–Crippen MR) is 88.9 cm³/mol. The molecule has 0 bridgehead atoms. The SMILES string of the molecule is Cc1cc(Br)cc2c1N(C)C(=O)C2=CC(=O)c1cccs1. The molecule has 0 unspecified atom stereocenters. The number of rotatable bonds is 2. The molecule has 1 aromatic carbocycles. The largest absolute Gasteiger partial charge is 0.311 e. The number of ketones is 1. The van der Waals surface area contributed by atoms with Crippen molar-refractivity contribution in [2.45, 2.75) is 6.92 Å². The molecule has 0 saturated carbocycles. The Morgan fingerprint density at radius 3 is 2.81 bits per heavy atom. The second-order valence-corrected chi connectivity index (χ2v) is 6.75. The lowest BCUT2D eigenvalue weighted by molar-refractivity contribution is -0.112. The van der Waals surface area contributed by atoms with Gasteiger partial charge < -0.3 is 4.90 Å². The lowest BCUT2D eigenvalue weighted by Crippen LogP contribution is -2.21. The third-order valence-corrected chi connectivity index (χ3v) is 4.81. The Bertz CT molecular complexity index is 778. The Balaban J connectivity index is 2.14. The summed E-state index contributed by atoms with van der Waals surface area (Å²) in [5, 5.41) is 1.85. The molecule has 106 valence electrons. The van der Waals surface area contributed by atoms with Crippen molar-refractivity contribution in [2.75, 3.05) is 11.9 Å². The van der Waals surface area contributed by atoms with E-state index in [1.807, 2.05) is 30.5 Å². The number of likely N-dealkylation sites (N-methyl/N-ethyl adjacent to an activating group) is 1. The van der Waals surface area contributed by atoms with E-state index >= 15 is 0 Å². The minimum absolute atomic E-state index is 0.132. The fourth-order valence-corrected chi connectivity index (χ4v) is 3.75. The van der Waals surface area contributed by atoms with Crippen molar-refractivity contribution in [3.8, 4) is 0 Å². The zero-order valence-corrected chi connectivity index (χ0v) is 13.9. The van der Waals surface area contributed by atoms with Gasteiger partial charge in [-0.15, -0.1) is 11.3 Å². The lowest BCUT2D eigenvalue weighted by Gasteiger charge is -2.12. The highest BCUT2D eigenvalue weighted by Gasteiger charge is 2.32. The Morgan fingerprint density at radius 2 is 2.14 bits per heavy atom. The number of amides is 1. The molecule has 0 radical (unpaired) electrons. The van der Waals surface area contributed by atoms with Crippen LogP contribution in [0.5, 0.6) is 0 Å². The molecule has 0 N–H and O–H groups in total. The molecular formula is C16H12BrNO2S. The van der Waals surface area contributed by atoms with Crippen LogP contribution in [0.3, 0.4) is 0 Å². The maximum atomic E-state index is 12.4. The zero-order chi connectivity index (χ0) is 15.1. The van der Waals surface area contributed by atoms with Gasteiger partial charge in [-0.2, -0.15) is 0 Å². The highest BCUT2D eigenvalue weighted by atomic mass is 79.9. The molecule has 5 heteroatoms. The molecule has 3 rings (SSSR count). The highest BCUT2D eigenvalue weighted by Crippen LogP contribution is 2.40. The maximum Gasteiger partial charge on any atom is 0.258 e. The van der Waals surface area contributed by atoms with Gasteiger partial charge >= 0.3 is 0 Å². The molecule has 1 aliphatic rings. The molecule has 0 aliphatic carbocycles. The average molecular weight is 362 g/mol. The first-order valence-electron chi connectivity index (χ1n) is 6.37. The van der Waals surface area contributed by atoms with Gasteiger partial charge in [0.25, 0.3) is 5.91 Å². The molecule has 0 atom stereocenters. The Kier molecular flexibility index (Phi) is 3.55. The number of carbonyl (C=O) groups is 2. The number of aryl methyl sites for hydroxylation is 1. The molecule has 2 heterocycles. The summed E-state index contributed by atoms with van der Waals surface area (Å²) in [5.74, 6) is -0.275. The van der Waals surface area contributed by atoms with E-state index in [4.69, 9.17) is 0 Å².